The first-order valence-corrected chi connectivity index (χ1v) is 10.7. The minimum atomic E-state index is -0.922. The van der Waals surface area contributed by atoms with Crippen LogP contribution in [0.25, 0.3) is 10.8 Å². The Morgan fingerprint density at radius 1 is 1.11 bits per heavy atom. The lowest BCUT2D eigenvalue weighted by molar-refractivity contribution is -0.140. The van der Waals surface area contributed by atoms with Crippen molar-refractivity contribution in [2.24, 2.45) is 0 Å². The number of carbonyl (C=O) groups is 1. The van der Waals surface area contributed by atoms with Gasteiger partial charge in [-0.05, 0) is 52.6 Å². The summed E-state index contributed by atoms with van der Waals surface area (Å²) in [5.41, 5.74) is 3.30. The summed E-state index contributed by atoms with van der Waals surface area (Å²) in [5.74, 6) is -0.0521. The molecule has 1 saturated carbocycles. The van der Waals surface area contributed by atoms with E-state index in [2.05, 4.69) is 30.3 Å². The molecule has 0 radical (unpaired) electrons. The fraction of sp³-hybridized carbons (Fsp3) is 0.304. The second-order valence-electron chi connectivity index (χ2n) is 7.70. The fourth-order valence-corrected chi connectivity index (χ4v) is 5.87. The average molecular weight is 391 g/mol. The SMILES string of the molecule is O=C(O)C1CSc2c(C3CCC3)c(Cc3cccc4ccccc34)cc(=O)n21. The van der Waals surface area contributed by atoms with Crippen LogP contribution in [0.2, 0.25) is 0 Å². The molecule has 0 saturated heterocycles. The second kappa shape index (κ2) is 6.82. The quantitative estimate of drug-likeness (QED) is 0.707. The number of aromatic nitrogens is 1. The van der Waals surface area contributed by atoms with E-state index in [1.165, 1.54) is 44.6 Å². The van der Waals surface area contributed by atoms with Gasteiger partial charge < -0.3 is 5.11 Å². The molecule has 3 aromatic rings. The zero-order valence-corrected chi connectivity index (χ0v) is 16.2. The maximum atomic E-state index is 12.9. The summed E-state index contributed by atoms with van der Waals surface area (Å²) in [7, 11) is 0. The zero-order valence-electron chi connectivity index (χ0n) is 15.4. The summed E-state index contributed by atoms with van der Waals surface area (Å²) in [4.78, 5) is 24.5. The Balaban J connectivity index is 1.67. The third kappa shape index (κ3) is 2.76. The van der Waals surface area contributed by atoms with Gasteiger partial charge in [-0.25, -0.2) is 4.79 Å². The molecule has 1 aromatic heterocycles. The van der Waals surface area contributed by atoms with Gasteiger partial charge in [0.05, 0.1) is 5.03 Å². The monoisotopic (exact) mass is 391 g/mol. The van der Waals surface area contributed by atoms with Gasteiger partial charge in [-0.1, -0.05) is 48.9 Å². The highest BCUT2D eigenvalue weighted by atomic mass is 32.2. The van der Waals surface area contributed by atoms with Gasteiger partial charge in [-0.15, -0.1) is 11.8 Å². The van der Waals surface area contributed by atoms with Crippen LogP contribution in [0.3, 0.4) is 0 Å². The number of nitrogens with zero attached hydrogens (tertiary/aromatic N) is 1. The summed E-state index contributed by atoms with van der Waals surface area (Å²) in [6.45, 7) is 0. The highest BCUT2D eigenvalue weighted by Gasteiger charge is 2.36. The number of benzene rings is 2. The molecule has 1 N–H and O–H groups in total. The molecule has 5 heteroatoms. The van der Waals surface area contributed by atoms with Crippen molar-refractivity contribution in [2.45, 2.75) is 42.7 Å². The smallest absolute Gasteiger partial charge is 0.327 e. The largest absolute Gasteiger partial charge is 0.480 e. The summed E-state index contributed by atoms with van der Waals surface area (Å²) in [5, 5.41) is 12.8. The van der Waals surface area contributed by atoms with Crippen LogP contribution in [-0.4, -0.2) is 21.4 Å². The third-order valence-corrected chi connectivity index (χ3v) is 7.25. The van der Waals surface area contributed by atoms with Crippen molar-refractivity contribution >= 4 is 28.5 Å². The Morgan fingerprint density at radius 2 is 1.89 bits per heavy atom. The molecule has 2 aliphatic rings. The first-order valence-electron chi connectivity index (χ1n) is 9.74. The van der Waals surface area contributed by atoms with E-state index in [0.717, 1.165) is 23.4 Å². The second-order valence-corrected chi connectivity index (χ2v) is 8.71. The minimum absolute atomic E-state index is 0.189. The van der Waals surface area contributed by atoms with Crippen LogP contribution in [0.4, 0.5) is 0 Å². The number of hydrogen-bond acceptors (Lipinski definition) is 3. The van der Waals surface area contributed by atoms with Crippen molar-refractivity contribution in [1.82, 2.24) is 4.57 Å². The first kappa shape index (κ1) is 17.6. The first-order chi connectivity index (χ1) is 13.6. The highest BCUT2D eigenvalue weighted by molar-refractivity contribution is 7.99. The van der Waals surface area contributed by atoms with Crippen molar-refractivity contribution in [2.75, 3.05) is 5.75 Å². The van der Waals surface area contributed by atoms with Crippen molar-refractivity contribution in [3.8, 4) is 0 Å². The lowest BCUT2D eigenvalue weighted by atomic mass is 9.78. The van der Waals surface area contributed by atoms with Gasteiger partial charge in [0, 0.05) is 11.8 Å². The summed E-state index contributed by atoms with van der Waals surface area (Å²) in [6.07, 6.45) is 4.14. The van der Waals surface area contributed by atoms with Crippen molar-refractivity contribution < 1.29 is 9.90 Å². The van der Waals surface area contributed by atoms with E-state index < -0.39 is 12.0 Å². The molecular weight excluding hydrogens is 370 g/mol. The molecule has 2 aromatic carbocycles. The van der Waals surface area contributed by atoms with E-state index in [1.54, 1.807) is 6.07 Å². The molecule has 0 bridgehead atoms. The van der Waals surface area contributed by atoms with E-state index >= 15 is 0 Å². The third-order valence-electron chi connectivity index (χ3n) is 6.08. The van der Waals surface area contributed by atoms with Crippen LogP contribution in [0.15, 0.2) is 58.4 Å². The topological polar surface area (TPSA) is 59.3 Å². The predicted molar refractivity (Wildman–Crippen MR) is 111 cm³/mol. The number of thioether (sulfide) groups is 1. The average Bonchev–Trinajstić information content (AvgIpc) is 3.09. The maximum absolute atomic E-state index is 12.9. The molecule has 0 spiro atoms. The van der Waals surface area contributed by atoms with E-state index in [4.69, 9.17) is 0 Å². The normalized spacial score (nSPS) is 18.8. The van der Waals surface area contributed by atoms with Crippen LogP contribution in [0.5, 0.6) is 0 Å². The molecule has 28 heavy (non-hydrogen) atoms. The van der Waals surface area contributed by atoms with E-state index in [9.17, 15) is 14.7 Å². The molecule has 1 atom stereocenters. The van der Waals surface area contributed by atoms with Crippen LogP contribution >= 0.6 is 11.8 Å². The highest BCUT2D eigenvalue weighted by Crippen LogP contribution is 2.46. The van der Waals surface area contributed by atoms with Crippen LogP contribution in [0, 0.1) is 0 Å². The molecular formula is C23H21NO3S. The molecule has 142 valence electrons. The standard InChI is InChI=1S/C23H21NO3S/c25-20-12-17(11-16-9-3-6-14-5-1-2-10-18(14)16)21(15-7-4-8-15)22-24(20)19(13-28-22)23(26)27/h1-3,5-6,9-10,12,15,19H,4,7-8,11,13H2,(H,26,27). The number of rotatable bonds is 4. The zero-order chi connectivity index (χ0) is 19.3. The van der Waals surface area contributed by atoms with Gasteiger partial charge in [-0.3, -0.25) is 9.36 Å². The van der Waals surface area contributed by atoms with Gasteiger partial charge in [0.1, 0.15) is 6.04 Å². The summed E-state index contributed by atoms with van der Waals surface area (Å²) >= 11 is 1.53. The van der Waals surface area contributed by atoms with Crippen molar-refractivity contribution in [1.29, 1.82) is 0 Å². The Kier molecular flexibility index (Phi) is 4.27. The molecule has 1 unspecified atom stereocenters. The van der Waals surface area contributed by atoms with E-state index in [-0.39, 0.29) is 5.56 Å². The number of fused-ring (bicyclic) bond motifs is 2. The number of pyridine rings is 1. The Hall–Kier alpha value is -2.53. The van der Waals surface area contributed by atoms with Crippen LogP contribution in [-0.2, 0) is 11.2 Å². The number of carboxylic acids is 1. The molecule has 5 rings (SSSR count). The summed E-state index contributed by atoms with van der Waals surface area (Å²) in [6, 6.07) is 15.6. The molecule has 2 heterocycles. The number of hydrogen-bond donors (Lipinski definition) is 1. The molecule has 1 aliphatic heterocycles. The van der Waals surface area contributed by atoms with Crippen molar-refractivity contribution in [3.63, 3.8) is 0 Å². The van der Waals surface area contributed by atoms with Crippen LogP contribution in [0.1, 0.15) is 47.9 Å². The Bertz CT molecular complexity index is 1140. The predicted octanol–water partition coefficient (Wildman–Crippen LogP) is 4.59. The van der Waals surface area contributed by atoms with Crippen molar-refractivity contribution in [3.05, 3.63) is 75.6 Å². The molecule has 0 amide bonds. The van der Waals surface area contributed by atoms with Gasteiger partial charge in [-0.2, -0.15) is 0 Å². The van der Waals surface area contributed by atoms with E-state index in [1.807, 2.05) is 12.1 Å². The maximum Gasteiger partial charge on any atom is 0.327 e. The Labute approximate surface area is 167 Å². The van der Waals surface area contributed by atoms with Gasteiger partial charge in [0.2, 0.25) is 0 Å². The Morgan fingerprint density at radius 3 is 2.64 bits per heavy atom. The number of carboxylic acid groups (broad SMARTS) is 1. The van der Waals surface area contributed by atoms with Crippen LogP contribution < -0.4 is 5.56 Å². The van der Waals surface area contributed by atoms with Gasteiger partial charge >= 0.3 is 5.97 Å². The van der Waals surface area contributed by atoms with Gasteiger partial charge in [0.25, 0.3) is 5.56 Å². The minimum Gasteiger partial charge on any atom is -0.480 e. The fourth-order valence-electron chi connectivity index (χ4n) is 4.45. The molecule has 1 fully saturated rings. The lowest BCUT2D eigenvalue weighted by Gasteiger charge is -2.30. The van der Waals surface area contributed by atoms with E-state index in [0.29, 0.717) is 18.1 Å². The summed E-state index contributed by atoms with van der Waals surface area (Å²) < 4.78 is 1.52. The van der Waals surface area contributed by atoms with Gasteiger partial charge in [0.15, 0.2) is 0 Å². The molecule has 4 nitrogen and oxygen atoms in total. The lowest BCUT2D eigenvalue weighted by Crippen LogP contribution is -2.30. The molecule has 1 aliphatic carbocycles. The number of aliphatic carboxylic acids is 1.